The van der Waals surface area contributed by atoms with E-state index in [1.165, 1.54) is 0 Å². The first-order valence-electron chi connectivity index (χ1n) is 6.81. The van der Waals surface area contributed by atoms with Crippen LogP contribution in [0.5, 0.6) is 0 Å². The normalized spacial score (nSPS) is 17.9. The SMILES string of the molecule is Cc1ccc(NC(=O)CN2CC(O)(C(C)C)C2)cc1Cl. The Hall–Kier alpha value is -1.10. The highest BCUT2D eigenvalue weighted by Gasteiger charge is 2.43. The van der Waals surface area contributed by atoms with Gasteiger partial charge in [0, 0.05) is 23.8 Å². The maximum Gasteiger partial charge on any atom is 0.238 e. The second-order valence-corrected chi connectivity index (χ2v) is 6.32. The zero-order valence-electron chi connectivity index (χ0n) is 12.1. The lowest BCUT2D eigenvalue weighted by atomic mass is 9.83. The fourth-order valence-electron chi connectivity index (χ4n) is 2.28. The number of aliphatic hydroxyl groups is 1. The number of nitrogens with one attached hydrogen (secondary N) is 1. The molecule has 1 aliphatic heterocycles. The summed E-state index contributed by atoms with van der Waals surface area (Å²) in [5.41, 5.74) is 1.03. The van der Waals surface area contributed by atoms with Crippen molar-refractivity contribution in [1.82, 2.24) is 4.90 Å². The van der Waals surface area contributed by atoms with Gasteiger partial charge in [0.15, 0.2) is 0 Å². The van der Waals surface area contributed by atoms with Gasteiger partial charge in [-0.3, -0.25) is 9.69 Å². The van der Waals surface area contributed by atoms with Crippen molar-refractivity contribution in [3.05, 3.63) is 28.8 Å². The number of carbonyl (C=O) groups is 1. The van der Waals surface area contributed by atoms with E-state index in [0.29, 0.717) is 30.3 Å². The summed E-state index contributed by atoms with van der Waals surface area (Å²) < 4.78 is 0. The van der Waals surface area contributed by atoms with Crippen LogP contribution in [0.4, 0.5) is 5.69 Å². The van der Waals surface area contributed by atoms with Crippen molar-refractivity contribution >= 4 is 23.2 Å². The molecule has 5 heteroatoms. The minimum Gasteiger partial charge on any atom is -0.387 e. The van der Waals surface area contributed by atoms with Gasteiger partial charge in [0.25, 0.3) is 0 Å². The quantitative estimate of drug-likeness (QED) is 0.896. The molecular weight excluding hydrogens is 276 g/mol. The van der Waals surface area contributed by atoms with Crippen molar-refractivity contribution < 1.29 is 9.90 Å². The summed E-state index contributed by atoms with van der Waals surface area (Å²) in [4.78, 5) is 13.9. The van der Waals surface area contributed by atoms with Crippen LogP contribution in [0.1, 0.15) is 19.4 Å². The maximum atomic E-state index is 11.9. The summed E-state index contributed by atoms with van der Waals surface area (Å²) in [6.45, 7) is 7.29. The predicted molar refractivity (Wildman–Crippen MR) is 81.0 cm³/mol. The molecule has 110 valence electrons. The lowest BCUT2D eigenvalue weighted by Crippen LogP contribution is -2.65. The van der Waals surface area contributed by atoms with E-state index in [1.54, 1.807) is 6.07 Å². The zero-order chi connectivity index (χ0) is 14.9. The van der Waals surface area contributed by atoms with Gasteiger partial charge in [-0.2, -0.15) is 0 Å². The van der Waals surface area contributed by atoms with Crippen molar-refractivity contribution in [2.75, 3.05) is 25.0 Å². The van der Waals surface area contributed by atoms with E-state index in [1.807, 2.05) is 37.8 Å². The molecule has 0 atom stereocenters. The van der Waals surface area contributed by atoms with Crippen LogP contribution in [0.15, 0.2) is 18.2 Å². The van der Waals surface area contributed by atoms with Crippen molar-refractivity contribution in [3.63, 3.8) is 0 Å². The number of aryl methyl sites for hydroxylation is 1. The maximum absolute atomic E-state index is 11.9. The van der Waals surface area contributed by atoms with Crippen LogP contribution in [-0.4, -0.2) is 41.1 Å². The third-order valence-electron chi connectivity index (χ3n) is 3.89. The number of halogens is 1. The Morgan fingerprint density at radius 3 is 2.70 bits per heavy atom. The van der Waals surface area contributed by atoms with E-state index in [-0.39, 0.29) is 11.8 Å². The Balaban J connectivity index is 1.84. The van der Waals surface area contributed by atoms with E-state index >= 15 is 0 Å². The molecule has 1 aliphatic rings. The first-order chi connectivity index (χ1) is 9.30. The van der Waals surface area contributed by atoms with Gasteiger partial charge in [-0.25, -0.2) is 0 Å². The summed E-state index contributed by atoms with van der Waals surface area (Å²) in [5.74, 6) is 0.119. The van der Waals surface area contributed by atoms with Crippen LogP contribution < -0.4 is 5.32 Å². The molecule has 2 rings (SSSR count). The fraction of sp³-hybridized carbons (Fsp3) is 0.533. The van der Waals surface area contributed by atoms with Crippen LogP contribution in [0.25, 0.3) is 0 Å². The number of β-amino-alcohol motifs (C(OH)–C–C–N with tert-alkyl or cyclic N) is 1. The lowest BCUT2D eigenvalue weighted by molar-refractivity contribution is -0.139. The van der Waals surface area contributed by atoms with E-state index < -0.39 is 5.60 Å². The monoisotopic (exact) mass is 296 g/mol. The molecule has 1 fully saturated rings. The number of hydrogen-bond acceptors (Lipinski definition) is 3. The molecule has 4 nitrogen and oxygen atoms in total. The fourth-order valence-corrected chi connectivity index (χ4v) is 2.46. The predicted octanol–water partition coefficient (Wildman–Crippen LogP) is 2.29. The van der Waals surface area contributed by atoms with E-state index in [9.17, 15) is 9.90 Å². The number of likely N-dealkylation sites (tertiary alicyclic amines) is 1. The first-order valence-corrected chi connectivity index (χ1v) is 7.19. The molecule has 0 saturated carbocycles. The molecule has 1 amide bonds. The Morgan fingerprint density at radius 1 is 1.50 bits per heavy atom. The minimum atomic E-state index is -0.645. The van der Waals surface area contributed by atoms with Crippen LogP contribution in [0.2, 0.25) is 5.02 Å². The van der Waals surface area contributed by atoms with Crippen molar-refractivity contribution in [3.8, 4) is 0 Å². The largest absolute Gasteiger partial charge is 0.387 e. The Kier molecular flexibility index (Phi) is 4.37. The second-order valence-electron chi connectivity index (χ2n) is 5.92. The molecule has 1 aromatic rings. The average molecular weight is 297 g/mol. The lowest BCUT2D eigenvalue weighted by Gasteiger charge is -2.48. The van der Waals surface area contributed by atoms with Gasteiger partial charge in [0.2, 0.25) is 5.91 Å². The summed E-state index contributed by atoms with van der Waals surface area (Å²) in [5, 5.41) is 13.6. The number of hydrogen-bond donors (Lipinski definition) is 2. The van der Waals surface area contributed by atoms with Crippen molar-refractivity contribution in [1.29, 1.82) is 0 Å². The smallest absolute Gasteiger partial charge is 0.238 e. The number of amides is 1. The number of nitrogens with zero attached hydrogens (tertiary/aromatic N) is 1. The summed E-state index contributed by atoms with van der Waals surface area (Å²) in [6, 6.07) is 5.45. The first kappa shape index (κ1) is 15.3. The summed E-state index contributed by atoms with van der Waals surface area (Å²) in [7, 11) is 0. The van der Waals surface area contributed by atoms with Crippen molar-refractivity contribution in [2.24, 2.45) is 5.92 Å². The number of rotatable bonds is 4. The Labute approximate surface area is 124 Å². The number of anilines is 1. The molecule has 2 N–H and O–H groups in total. The molecule has 1 heterocycles. The van der Waals surface area contributed by atoms with E-state index in [2.05, 4.69) is 5.32 Å². The molecule has 0 spiro atoms. The molecule has 1 aromatic carbocycles. The van der Waals surface area contributed by atoms with Crippen LogP contribution in [-0.2, 0) is 4.79 Å². The third-order valence-corrected chi connectivity index (χ3v) is 4.30. The molecule has 20 heavy (non-hydrogen) atoms. The molecule has 1 saturated heterocycles. The molecular formula is C15H21ClN2O2. The van der Waals surface area contributed by atoms with Crippen LogP contribution >= 0.6 is 11.6 Å². The highest BCUT2D eigenvalue weighted by molar-refractivity contribution is 6.31. The standard InChI is InChI=1S/C15H21ClN2O2/c1-10(2)15(20)8-18(9-15)7-14(19)17-12-5-4-11(3)13(16)6-12/h4-6,10,20H,7-9H2,1-3H3,(H,17,19). The third kappa shape index (κ3) is 3.32. The van der Waals surface area contributed by atoms with E-state index in [0.717, 1.165) is 5.56 Å². The van der Waals surface area contributed by atoms with Gasteiger partial charge in [0.1, 0.15) is 0 Å². The van der Waals surface area contributed by atoms with Crippen LogP contribution in [0, 0.1) is 12.8 Å². The second kappa shape index (κ2) is 5.72. The minimum absolute atomic E-state index is 0.0873. The highest BCUT2D eigenvalue weighted by atomic mass is 35.5. The van der Waals surface area contributed by atoms with Gasteiger partial charge in [0.05, 0.1) is 12.1 Å². The van der Waals surface area contributed by atoms with Gasteiger partial charge < -0.3 is 10.4 Å². The Bertz CT molecular complexity index is 511. The van der Waals surface area contributed by atoms with Crippen LogP contribution in [0.3, 0.4) is 0 Å². The molecule has 0 radical (unpaired) electrons. The molecule has 0 aromatic heterocycles. The van der Waals surface area contributed by atoms with Gasteiger partial charge in [-0.15, -0.1) is 0 Å². The summed E-state index contributed by atoms with van der Waals surface area (Å²) in [6.07, 6.45) is 0. The van der Waals surface area contributed by atoms with Gasteiger partial charge in [-0.1, -0.05) is 31.5 Å². The average Bonchev–Trinajstić information content (AvgIpc) is 2.31. The van der Waals surface area contributed by atoms with E-state index in [4.69, 9.17) is 11.6 Å². The number of carbonyl (C=O) groups excluding carboxylic acids is 1. The topological polar surface area (TPSA) is 52.6 Å². The molecule has 0 aliphatic carbocycles. The van der Waals surface area contributed by atoms with Crippen molar-refractivity contribution in [2.45, 2.75) is 26.4 Å². The summed E-state index contributed by atoms with van der Waals surface area (Å²) >= 11 is 6.02. The Morgan fingerprint density at radius 2 is 2.15 bits per heavy atom. The van der Waals surface area contributed by atoms with Gasteiger partial charge >= 0.3 is 0 Å². The highest BCUT2D eigenvalue weighted by Crippen LogP contribution is 2.28. The van der Waals surface area contributed by atoms with Gasteiger partial charge in [-0.05, 0) is 30.5 Å². The number of benzene rings is 1. The molecule has 0 bridgehead atoms. The zero-order valence-corrected chi connectivity index (χ0v) is 12.9. The molecule has 0 unspecified atom stereocenters.